The SMILES string of the molecule is CCCC[N+](CCCC)(CCCC)CCCC.O=S(=O)([O-])c1cccc(P(c2ccccc2)c2ccccc2)c1. The van der Waals surface area contributed by atoms with Crippen molar-refractivity contribution in [1.82, 2.24) is 0 Å². The molecule has 0 aliphatic heterocycles. The zero-order valence-electron chi connectivity index (χ0n) is 25.1. The lowest BCUT2D eigenvalue weighted by Gasteiger charge is -2.39. The quantitative estimate of drug-likeness (QED) is 0.101. The number of rotatable bonds is 16. The fraction of sp³-hybridized carbons (Fsp3) is 0.471. The molecule has 0 unspecified atom stereocenters. The fourth-order valence-corrected chi connectivity index (χ4v) is 7.97. The molecule has 0 amide bonds. The van der Waals surface area contributed by atoms with Crippen LogP contribution in [0.25, 0.3) is 0 Å². The molecular weight excluding hydrogens is 533 g/mol. The van der Waals surface area contributed by atoms with E-state index >= 15 is 0 Å². The molecular formula is C34H50NO3PS. The van der Waals surface area contributed by atoms with Crippen molar-refractivity contribution < 1.29 is 17.5 Å². The topological polar surface area (TPSA) is 57.2 Å². The van der Waals surface area contributed by atoms with Crippen LogP contribution in [0, 0.1) is 0 Å². The summed E-state index contributed by atoms with van der Waals surface area (Å²) in [6, 6.07) is 26.2. The molecule has 3 aromatic rings. The highest BCUT2D eigenvalue weighted by Crippen LogP contribution is 2.33. The van der Waals surface area contributed by atoms with Crippen LogP contribution >= 0.6 is 7.92 Å². The molecule has 4 nitrogen and oxygen atoms in total. The van der Waals surface area contributed by atoms with Gasteiger partial charge >= 0.3 is 0 Å². The van der Waals surface area contributed by atoms with E-state index in [1.165, 1.54) is 94.2 Å². The Hall–Kier alpha value is -2.04. The lowest BCUT2D eigenvalue weighted by molar-refractivity contribution is -0.929. The van der Waals surface area contributed by atoms with Gasteiger partial charge < -0.3 is 9.04 Å². The van der Waals surface area contributed by atoms with Crippen molar-refractivity contribution >= 4 is 34.0 Å². The zero-order chi connectivity index (χ0) is 29.3. The van der Waals surface area contributed by atoms with Gasteiger partial charge in [0.2, 0.25) is 0 Å². The standard InChI is InChI=1S/C18H15O3PS.C16H36N/c19-23(20,21)18-13-7-12-17(14-18)22(15-8-3-1-4-9-15)16-10-5-2-6-11-16;1-5-9-13-17(14-10-6-2,15-11-7-3)16-12-8-4/h1-14H,(H,19,20,21);5-16H2,1-4H3/q;+1/p-1. The first-order valence-electron chi connectivity index (χ1n) is 15.1. The average molecular weight is 584 g/mol. The van der Waals surface area contributed by atoms with Gasteiger partial charge in [-0.2, -0.15) is 0 Å². The molecule has 220 valence electrons. The van der Waals surface area contributed by atoms with Gasteiger partial charge in [0.05, 0.1) is 31.1 Å². The van der Waals surface area contributed by atoms with Gasteiger partial charge in [-0.15, -0.1) is 0 Å². The van der Waals surface area contributed by atoms with Crippen LogP contribution in [-0.2, 0) is 10.1 Å². The van der Waals surface area contributed by atoms with Gasteiger partial charge in [0.25, 0.3) is 0 Å². The van der Waals surface area contributed by atoms with Crippen LogP contribution in [0.2, 0.25) is 0 Å². The number of benzene rings is 3. The third-order valence-corrected chi connectivity index (χ3v) is 10.6. The minimum atomic E-state index is -4.46. The van der Waals surface area contributed by atoms with E-state index in [4.69, 9.17) is 0 Å². The van der Waals surface area contributed by atoms with Crippen LogP contribution in [0.1, 0.15) is 79.1 Å². The average Bonchev–Trinajstić information content (AvgIpc) is 2.98. The summed E-state index contributed by atoms with van der Waals surface area (Å²) in [7, 11) is -5.38. The summed E-state index contributed by atoms with van der Waals surface area (Å²) >= 11 is 0. The molecule has 3 aromatic carbocycles. The Labute approximate surface area is 245 Å². The summed E-state index contributed by atoms with van der Waals surface area (Å²) in [5.41, 5.74) is 0. The Kier molecular flexibility index (Phi) is 15.7. The summed E-state index contributed by atoms with van der Waals surface area (Å²) in [6.45, 7) is 15.0. The maximum atomic E-state index is 11.3. The van der Waals surface area contributed by atoms with Crippen molar-refractivity contribution in [2.45, 2.75) is 84.0 Å². The van der Waals surface area contributed by atoms with E-state index in [0.717, 1.165) is 15.9 Å². The molecule has 0 aliphatic carbocycles. The third-order valence-electron chi connectivity index (χ3n) is 7.34. The third kappa shape index (κ3) is 11.4. The zero-order valence-corrected chi connectivity index (χ0v) is 26.8. The molecule has 0 N–H and O–H groups in total. The van der Waals surface area contributed by atoms with Gasteiger partial charge in [-0.05, 0) is 61.7 Å². The highest BCUT2D eigenvalue weighted by Gasteiger charge is 2.24. The van der Waals surface area contributed by atoms with E-state index in [0.29, 0.717) is 0 Å². The predicted octanol–water partition coefficient (Wildman–Crippen LogP) is 7.35. The van der Waals surface area contributed by atoms with Gasteiger partial charge in [0, 0.05) is 0 Å². The molecule has 0 bridgehead atoms. The van der Waals surface area contributed by atoms with Crippen LogP contribution in [-0.4, -0.2) is 43.6 Å². The Balaban J connectivity index is 0.000000296. The number of quaternary nitrogens is 1. The molecule has 3 rings (SSSR count). The van der Waals surface area contributed by atoms with E-state index in [2.05, 4.69) is 27.7 Å². The summed E-state index contributed by atoms with van der Waals surface area (Å²) < 4.78 is 35.4. The van der Waals surface area contributed by atoms with Crippen LogP contribution in [0.5, 0.6) is 0 Å². The molecule has 0 spiro atoms. The fourth-order valence-electron chi connectivity index (χ4n) is 5.02. The summed E-state index contributed by atoms with van der Waals surface area (Å²) in [5.74, 6) is 0. The number of hydrogen-bond donors (Lipinski definition) is 0. The van der Waals surface area contributed by atoms with Crippen molar-refractivity contribution in [3.05, 3.63) is 84.9 Å². The van der Waals surface area contributed by atoms with Crippen molar-refractivity contribution in [2.75, 3.05) is 26.2 Å². The van der Waals surface area contributed by atoms with Gasteiger partial charge in [-0.25, -0.2) is 8.42 Å². The molecule has 0 fully saturated rings. The molecule has 0 heterocycles. The molecule has 0 saturated carbocycles. The minimum Gasteiger partial charge on any atom is -0.744 e. The molecule has 40 heavy (non-hydrogen) atoms. The van der Waals surface area contributed by atoms with E-state index < -0.39 is 18.0 Å². The van der Waals surface area contributed by atoms with Crippen LogP contribution in [0.3, 0.4) is 0 Å². The van der Waals surface area contributed by atoms with Crippen molar-refractivity contribution in [2.24, 2.45) is 0 Å². The molecule has 0 atom stereocenters. The summed E-state index contributed by atoms with van der Waals surface area (Å²) in [5, 5.41) is 3.05. The Morgan fingerprint density at radius 2 is 0.950 bits per heavy atom. The van der Waals surface area contributed by atoms with Gasteiger partial charge in [0.15, 0.2) is 0 Å². The molecule has 0 saturated heterocycles. The number of nitrogens with zero attached hydrogens (tertiary/aromatic N) is 1. The highest BCUT2D eigenvalue weighted by atomic mass is 32.2. The molecule has 0 aliphatic rings. The van der Waals surface area contributed by atoms with Crippen molar-refractivity contribution in [3.63, 3.8) is 0 Å². The second-order valence-corrected chi connectivity index (χ2v) is 14.2. The predicted molar refractivity (Wildman–Crippen MR) is 172 cm³/mol. The second kappa shape index (κ2) is 18.4. The number of unbranched alkanes of at least 4 members (excludes halogenated alkanes) is 4. The molecule has 0 aromatic heterocycles. The van der Waals surface area contributed by atoms with Crippen LogP contribution in [0.4, 0.5) is 0 Å². The Morgan fingerprint density at radius 3 is 1.30 bits per heavy atom. The van der Waals surface area contributed by atoms with E-state index in [9.17, 15) is 13.0 Å². The molecule has 0 radical (unpaired) electrons. The lowest BCUT2D eigenvalue weighted by atomic mass is 10.1. The Morgan fingerprint density at radius 1 is 0.575 bits per heavy atom. The molecule has 6 heteroatoms. The first-order chi connectivity index (χ1) is 19.3. The Bertz CT molecular complexity index is 1110. The highest BCUT2D eigenvalue weighted by molar-refractivity contribution is 7.86. The van der Waals surface area contributed by atoms with E-state index in [1.54, 1.807) is 6.07 Å². The smallest absolute Gasteiger partial charge is 0.124 e. The summed E-state index contributed by atoms with van der Waals surface area (Å²) in [6.07, 6.45) is 11.1. The van der Waals surface area contributed by atoms with Gasteiger partial charge in [-0.3, -0.25) is 0 Å². The lowest BCUT2D eigenvalue weighted by Crippen LogP contribution is -2.50. The van der Waals surface area contributed by atoms with E-state index in [1.807, 2.05) is 66.7 Å². The van der Waals surface area contributed by atoms with Crippen LogP contribution in [0.15, 0.2) is 89.8 Å². The maximum absolute atomic E-state index is 11.3. The first kappa shape index (κ1) is 34.2. The van der Waals surface area contributed by atoms with Crippen molar-refractivity contribution in [3.8, 4) is 0 Å². The maximum Gasteiger partial charge on any atom is 0.124 e. The normalized spacial score (nSPS) is 11.8. The number of hydrogen-bond acceptors (Lipinski definition) is 3. The van der Waals surface area contributed by atoms with Crippen molar-refractivity contribution in [1.29, 1.82) is 0 Å². The second-order valence-electron chi connectivity index (χ2n) is 10.6. The van der Waals surface area contributed by atoms with Gasteiger partial charge in [-0.1, -0.05) is 126 Å². The first-order valence-corrected chi connectivity index (χ1v) is 17.9. The van der Waals surface area contributed by atoms with Gasteiger partial charge in [0.1, 0.15) is 10.1 Å². The summed E-state index contributed by atoms with van der Waals surface area (Å²) in [4.78, 5) is -0.186. The largest absolute Gasteiger partial charge is 0.744 e. The minimum absolute atomic E-state index is 0.186. The van der Waals surface area contributed by atoms with Crippen LogP contribution < -0.4 is 15.9 Å². The monoisotopic (exact) mass is 583 g/mol. The van der Waals surface area contributed by atoms with E-state index in [-0.39, 0.29) is 4.90 Å².